The maximum absolute atomic E-state index is 13.7. The van der Waals surface area contributed by atoms with E-state index in [4.69, 9.17) is 0 Å². The number of carbonyl (C=O) groups excluding carboxylic acids is 3. The van der Waals surface area contributed by atoms with Crippen LogP contribution in [-0.4, -0.2) is 44.3 Å². The zero-order valence-electron chi connectivity index (χ0n) is 21.3. The average molecular weight is 488 g/mol. The number of para-hydroxylation sites is 1. The normalized spacial score (nSPS) is 17.0. The molecule has 0 fully saturated rings. The number of anilines is 1. The second kappa shape index (κ2) is 10.4. The maximum Gasteiger partial charge on any atom is 0.276 e. The van der Waals surface area contributed by atoms with Gasteiger partial charge in [-0.3, -0.25) is 14.4 Å². The number of rotatable bonds is 8. The number of hydrogen-bond acceptors (Lipinski definition) is 4. The Kier molecular flexibility index (Phi) is 7.24. The SMILES string of the molecule is CCCN1C(=O)c2c(C(=O)Nc3ccccc3CC)ncn2CC1(C)C(=O)NCc1ccc(C)cc1. The lowest BCUT2D eigenvalue weighted by atomic mass is 9.93. The van der Waals surface area contributed by atoms with Gasteiger partial charge in [0.25, 0.3) is 11.8 Å². The Morgan fingerprint density at radius 2 is 1.81 bits per heavy atom. The average Bonchev–Trinajstić information content (AvgIpc) is 3.30. The number of benzene rings is 2. The van der Waals surface area contributed by atoms with E-state index in [1.165, 1.54) is 6.33 Å². The molecule has 0 saturated carbocycles. The van der Waals surface area contributed by atoms with Gasteiger partial charge in [-0.2, -0.15) is 0 Å². The molecule has 8 nitrogen and oxygen atoms in total. The molecular weight excluding hydrogens is 454 g/mol. The van der Waals surface area contributed by atoms with Crippen LogP contribution in [0.25, 0.3) is 0 Å². The van der Waals surface area contributed by atoms with Crippen molar-refractivity contribution in [2.75, 3.05) is 11.9 Å². The molecule has 2 N–H and O–H groups in total. The Hall–Kier alpha value is -3.94. The van der Waals surface area contributed by atoms with Crippen LogP contribution in [0.3, 0.4) is 0 Å². The number of aryl methyl sites for hydroxylation is 2. The standard InChI is InChI=1S/C28H33N5O3/c1-5-15-33-26(35)24-23(25(34)31-22-10-8-7-9-21(22)6-2)30-18-32(24)17-28(33,4)27(36)29-16-20-13-11-19(3)12-14-20/h7-14,18H,5-6,15-17H2,1-4H3,(H,29,36)(H,31,34). The largest absolute Gasteiger partial charge is 0.350 e. The zero-order chi connectivity index (χ0) is 25.9. The van der Waals surface area contributed by atoms with Crippen molar-refractivity contribution in [2.45, 2.75) is 59.2 Å². The summed E-state index contributed by atoms with van der Waals surface area (Å²) in [7, 11) is 0. The van der Waals surface area contributed by atoms with Gasteiger partial charge in [-0.15, -0.1) is 0 Å². The van der Waals surface area contributed by atoms with Gasteiger partial charge in [-0.05, 0) is 43.9 Å². The first-order valence-electron chi connectivity index (χ1n) is 12.4. The summed E-state index contributed by atoms with van der Waals surface area (Å²) in [5, 5.41) is 5.90. The van der Waals surface area contributed by atoms with Gasteiger partial charge in [-0.1, -0.05) is 61.9 Å². The van der Waals surface area contributed by atoms with Gasteiger partial charge in [-0.25, -0.2) is 4.98 Å². The third-order valence-electron chi connectivity index (χ3n) is 6.73. The molecule has 2 heterocycles. The fourth-order valence-electron chi connectivity index (χ4n) is 4.64. The molecule has 3 aromatic rings. The number of aromatic nitrogens is 2. The zero-order valence-corrected chi connectivity index (χ0v) is 21.3. The van der Waals surface area contributed by atoms with Crippen LogP contribution in [0.15, 0.2) is 54.9 Å². The summed E-state index contributed by atoms with van der Waals surface area (Å²) in [5.41, 5.74) is 2.98. The van der Waals surface area contributed by atoms with Gasteiger partial charge < -0.3 is 20.1 Å². The van der Waals surface area contributed by atoms with Gasteiger partial charge in [0, 0.05) is 18.8 Å². The quantitative estimate of drug-likeness (QED) is 0.503. The molecule has 2 aromatic carbocycles. The predicted molar refractivity (Wildman–Crippen MR) is 139 cm³/mol. The minimum atomic E-state index is -1.12. The van der Waals surface area contributed by atoms with E-state index in [1.807, 2.05) is 69.3 Å². The van der Waals surface area contributed by atoms with Crippen LogP contribution in [0.2, 0.25) is 0 Å². The summed E-state index contributed by atoms with van der Waals surface area (Å²) in [4.78, 5) is 46.2. The van der Waals surface area contributed by atoms with Crippen molar-refractivity contribution in [1.29, 1.82) is 0 Å². The molecule has 1 aliphatic rings. The fraction of sp³-hybridized carbons (Fsp3) is 0.357. The molecule has 188 valence electrons. The highest BCUT2D eigenvalue weighted by Gasteiger charge is 2.48. The first kappa shape index (κ1) is 25.2. The number of carbonyl (C=O) groups is 3. The van der Waals surface area contributed by atoms with Gasteiger partial charge >= 0.3 is 0 Å². The number of nitrogens with zero attached hydrogens (tertiary/aromatic N) is 3. The van der Waals surface area contributed by atoms with E-state index in [-0.39, 0.29) is 29.7 Å². The third-order valence-corrected chi connectivity index (χ3v) is 6.73. The molecule has 0 bridgehead atoms. The number of imidazole rings is 1. The summed E-state index contributed by atoms with van der Waals surface area (Å²) >= 11 is 0. The van der Waals surface area contributed by atoms with Crippen molar-refractivity contribution in [3.8, 4) is 0 Å². The van der Waals surface area contributed by atoms with Gasteiger partial charge in [0.2, 0.25) is 5.91 Å². The van der Waals surface area contributed by atoms with E-state index in [0.717, 1.165) is 23.1 Å². The molecule has 0 saturated heterocycles. The Morgan fingerprint density at radius 1 is 1.08 bits per heavy atom. The summed E-state index contributed by atoms with van der Waals surface area (Å²) < 4.78 is 1.63. The van der Waals surface area contributed by atoms with Crippen molar-refractivity contribution >= 4 is 23.4 Å². The number of nitrogens with one attached hydrogen (secondary N) is 2. The van der Waals surface area contributed by atoms with Crippen molar-refractivity contribution in [3.05, 3.63) is 82.9 Å². The van der Waals surface area contributed by atoms with Crippen LogP contribution in [-0.2, 0) is 24.3 Å². The molecule has 0 spiro atoms. The summed E-state index contributed by atoms with van der Waals surface area (Å²) in [6.45, 7) is 8.71. The van der Waals surface area contributed by atoms with Crippen LogP contribution in [0.4, 0.5) is 5.69 Å². The molecule has 3 amide bonds. The van der Waals surface area contributed by atoms with Crippen LogP contribution in [0, 0.1) is 6.92 Å². The Balaban J connectivity index is 1.59. The Labute approximate surface area is 211 Å². The number of fused-ring (bicyclic) bond motifs is 1. The first-order valence-corrected chi connectivity index (χ1v) is 12.4. The van der Waals surface area contributed by atoms with Crippen molar-refractivity contribution < 1.29 is 14.4 Å². The van der Waals surface area contributed by atoms with E-state index in [9.17, 15) is 14.4 Å². The molecule has 1 aromatic heterocycles. The smallest absolute Gasteiger partial charge is 0.276 e. The summed E-state index contributed by atoms with van der Waals surface area (Å²) in [5.74, 6) is -1.06. The van der Waals surface area contributed by atoms with Crippen LogP contribution >= 0.6 is 0 Å². The second-order valence-electron chi connectivity index (χ2n) is 9.43. The topological polar surface area (TPSA) is 96.3 Å². The Bertz CT molecular complexity index is 1280. The molecule has 4 rings (SSSR count). The minimum Gasteiger partial charge on any atom is -0.350 e. The monoisotopic (exact) mass is 487 g/mol. The minimum absolute atomic E-state index is 0.0640. The third kappa shape index (κ3) is 4.76. The first-order chi connectivity index (χ1) is 17.3. The van der Waals surface area contributed by atoms with Crippen LogP contribution in [0.1, 0.15) is 64.9 Å². The predicted octanol–water partition coefficient (Wildman–Crippen LogP) is 3.95. The maximum atomic E-state index is 13.7. The van der Waals surface area contributed by atoms with E-state index in [0.29, 0.717) is 25.2 Å². The van der Waals surface area contributed by atoms with Gasteiger partial charge in [0.05, 0.1) is 12.9 Å². The Morgan fingerprint density at radius 3 is 2.50 bits per heavy atom. The lowest BCUT2D eigenvalue weighted by Crippen LogP contribution is -2.64. The summed E-state index contributed by atoms with van der Waals surface area (Å²) in [6, 6.07) is 15.5. The van der Waals surface area contributed by atoms with E-state index in [2.05, 4.69) is 15.6 Å². The molecule has 1 aliphatic heterocycles. The van der Waals surface area contributed by atoms with E-state index in [1.54, 1.807) is 16.4 Å². The molecular formula is C28H33N5O3. The van der Waals surface area contributed by atoms with Crippen molar-refractivity contribution in [1.82, 2.24) is 19.8 Å². The number of amides is 3. The van der Waals surface area contributed by atoms with Crippen LogP contribution < -0.4 is 10.6 Å². The van der Waals surface area contributed by atoms with Gasteiger partial charge in [0.1, 0.15) is 11.2 Å². The second-order valence-corrected chi connectivity index (χ2v) is 9.43. The van der Waals surface area contributed by atoms with E-state index < -0.39 is 11.4 Å². The highest BCUT2D eigenvalue weighted by molar-refractivity contribution is 6.11. The van der Waals surface area contributed by atoms with Crippen molar-refractivity contribution in [3.63, 3.8) is 0 Å². The molecule has 36 heavy (non-hydrogen) atoms. The molecule has 8 heteroatoms. The van der Waals surface area contributed by atoms with Crippen LogP contribution in [0.5, 0.6) is 0 Å². The van der Waals surface area contributed by atoms with Crippen molar-refractivity contribution in [2.24, 2.45) is 0 Å². The van der Waals surface area contributed by atoms with Gasteiger partial charge in [0.15, 0.2) is 5.69 Å². The molecule has 1 unspecified atom stereocenters. The molecule has 1 atom stereocenters. The summed E-state index contributed by atoms with van der Waals surface area (Å²) in [6.07, 6.45) is 2.91. The lowest BCUT2D eigenvalue weighted by molar-refractivity contribution is -0.133. The number of hydrogen-bond donors (Lipinski definition) is 2. The lowest BCUT2D eigenvalue weighted by Gasteiger charge is -2.43. The molecule has 0 aliphatic carbocycles. The van der Waals surface area contributed by atoms with E-state index >= 15 is 0 Å². The molecule has 0 radical (unpaired) electrons. The highest BCUT2D eigenvalue weighted by Crippen LogP contribution is 2.30. The highest BCUT2D eigenvalue weighted by atomic mass is 16.2. The fourth-order valence-corrected chi connectivity index (χ4v) is 4.64.